The molecule has 14 heavy (non-hydrogen) atoms. The van der Waals surface area contributed by atoms with Gasteiger partial charge in [-0.3, -0.25) is 9.69 Å². The van der Waals surface area contributed by atoms with Crippen molar-refractivity contribution in [3.05, 3.63) is 23.1 Å². The zero-order chi connectivity index (χ0) is 10.1. The average molecular weight is 212 g/mol. The second-order valence-corrected chi connectivity index (χ2v) is 3.89. The lowest BCUT2D eigenvalue weighted by Crippen LogP contribution is -2.25. The van der Waals surface area contributed by atoms with Gasteiger partial charge in [0, 0.05) is 12.7 Å². The van der Waals surface area contributed by atoms with E-state index >= 15 is 0 Å². The Morgan fingerprint density at radius 2 is 2.50 bits per heavy atom. The molecule has 0 amide bonds. The van der Waals surface area contributed by atoms with Crippen molar-refractivity contribution in [3.63, 3.8) is 0 Å². The Kier molecular flexibility index (Phi) is 2.20. The Morgan fingerprint density at radius 3 is 3.14 bits per heavy atom. The van der Waals surface area contributed by atoms with Crippen LogP contribution in [0.5, 0.6) is 0 Å². The van der Waals surface area contributed by atoms with Gasteiger partial charge in [-0.05, 0) is 17.8 Å². The molecule has 5 nitrogen and oxygen atoms in total. The molecular weight excluding hydrogens is 204 g/mol. The molecule has 0 atom stereocenters. The molecule has 0 saturated carbocycles. The number of aliphatic imine (C=N–C) groups is 1. The maximum Gasteiger partial charge on any atom is 0.308 e. The van der Waals surface area contributed by atoms with Crippen molar-refractivity contribution in [2.24, 2.45) is 4.99 Å². The van der Waals surface area contributed by atoms with Crippen molar-refractivity contribution in [1.29, 1.82) is 0 Å². The lowest BCUT2D eigenvalue weighted by molar-refractivity contribution is -0.136. The van der Waals surface area contributed by atoms with E-state index in [-0.39, 0.29) is 12.3 Å². The van der Waals surface area contributed by atoms with Crippen LogP contribution in [0.3, 0.4) is 0 Å². The minimum absolute atomic E-state index is 0.0144. The van der Waals surface area contributed by atoms with Gasteiger partial charge in [-0.2, -0.15) is 0 Å². The molecule has 6 heteroatoms. The standard InChI is InChI=1S/C8H8N2O3S/c11-6(12)4-5-7(13)10-3-1-2-9-8(10)14-5/h1-2,13H,3-4H2,(H,11,12). The van der Waals surface area contributed by atoms with E-state index in [4.69, 9.17) is 5.11 Å². The summed E-state index contributed by atoms with van der Waals surface area (Å²) >= 11 is 1.20. The minimum atomic E-state index is -0.951. The summed E-state index contributed by atoms with van der Waals surface area (Å²) in [6.07, 6.45) is 3.28. The van der Waals surface area contributed by atoms with Crippen LogP contribution in [0.15, 0.2) is 28.1 Å². The SMILES string of the molecule is O=C(O)CC1=C(O)N2CC=CN=C2S1. The van der Waals surface area contributed by atoms with E-state index in [1.54, 1.807) is 17.2 Å². The number of fused-ring (bicyclic) bond motifs is 1. The Balaban J connectivity index is 2.21. The third-order valence-corrected chi connectivity index (χ3v) is 2.92. The van der Waals surface area contributed by atoms with E-state index in [2.05, 4.69) is 4.99 Å². The largest absolute Gasteiger partial charge is 0.494 e. The first kappa shape index (κ1) is 9.14. The summed E-state index contributed by atoms with van der Waals surface area (Å²) in [4.78, 5) is 16.5. The first-order chi connectivity index (χ1) is 6.68. The van der Waals surface area contributed by atoms with Gasteiger partial charge in [-0.15, -0.1) is 0 Å². The quantitative estimate of drug-likeness (QED) is 0.717. The smallest absolute Gasteiger partial charge is 0.308 e. The van der Waals surface area contributed by atoms with Gasteiger partial charge in [0.15, 0.2) is 5.17 Å². The Morgan fingerprint density at radius 1 is 1.71 bits per heavy atom. The highest BCUT2D eigenvalue weighted by Crippen LogP contribution is 2.35. The monoisotopic (exact) mass is 212 g/mol. The number of carbonyl (C=O) groups is 1. The number of aliphatic carboxylic acids is 1. The van der Waals surface area contributed by atoms with Crippen LogP contribution in [0, 0.1) is 0 Å². The van der Waals surface area contributed by atoms with Crippen LogP contribution >= 0.6 is 11.8 Å². The van der Waals surface area contributed by atoms with Crippen LogP contribution < -0.4 is 0 Å². The van der Waals surface area contributed by atoms with Gasteiger partial charge in [0.05, 0.1) is 11.3 Å². The fourth-order valence-electron chi connectivity index (χ4n) is 1.23. The number of carboxylic acid groups (broad SMARTS) is 1. The van der Waals surface area contributed by atoms with Crippen LogP contribution in [-0.2, 0) is 4.79 Å². The normalized spacial score (nSPS) is 19.7. The molecule has 0 aliphatic carbocycles. The zero-order valence-corrected chi connectivity index (χ0v) is 7.99. The number of amidine groups is 1. The molecule has 0 spiro atoms. The Hall–Kier alpha value is -1.43. The van der Waals surface area contributed by atoms with Gasteiger partial charge >= 0.3 is 5.97 Å². The third-order valence-electron chi connectivity index (χ3n) is 1.84. The van der Waals surface area contributed by atoms with Crippen molar-refractivity contribution in [2.45, 2.75) is 6.42 Å². The highest BCUT2D eigenvalue weighted by atomic mass is 32.2. The number of nitrogens with zero attached hydrogens (tertiary/aromatic N) is 2. The van der Waals surface area contributed by atoms with Gasteiger partial charge in [0.1, 0.15) is 0 Å². The van der Waals surface area contributed by atoms with E-state index in [0.29, 0.717) is 16.6 Å². The summed E-state index contributed by atoms with van der Waals surface area (Å²) in [5, 5.41) is 18.9. The number of thioether (sulfide) groups is 1. The predicted molar refractivity (Wildman–Crippen MR) is 52.8 cm³/mol. The Labute approximate surface area is 84.4 Å². The molecule has 0 aromatic heterocycles. The molecule has 2 rings (SSSR count). The molecule has 2 aliphatic heterocycles. The lowest BCUT2D eigenvalue weighted by Gasteiger charge is -2.17. The first-order valence-corrected chi connectivity index (χ1v) is 4.82. The molecule has 0 fully saturated rings. The number of aliphatic hydroxyl groups excluding tert-OH is 1. The highest BCUT2D eigenvalue weighted by Gasteiger charge is 2.30. The molecule has 0 aromatic carbocycles. The maximum absolute atomic E-state index is 10.5. The Bertz CT molecular complexity index is 373. The summed E-state index contributed by atoms with van der Waals surface area (Å²) in [7, 11) is 0. The van der Waals surface area contributed by atoms with Crippen molar-refractivity contribution in [1.82, 2.24) is 4.90 Å². The molecule has 2 N–H and O–H groups in total. The average Bonchev–Trinajstić information content (AvgIpc) is 2.44. The second-order valence-electron chi connectivity index (χ2n) is 2.83. The molecule has 0 saturated heterocycles. The van der Waals surface area contributed by atoms with Gasteiger partial charge in [0.25, 0.3) is 0 Å². The number of hydrogen-bond donors (Lipinski definition) is 2. The maximum atomic E-state index is 10.5. The van der Waals surface area contributed by atoms with E-state index in [0.717, 1.165) is 0 Å². The van der Waals surface area contributed by atoms with Crippen LogP contribution in [-0.4, -0.2) is 32.8 Å². The van der Waals surface area contributed by atoms with Gasteiger partial charge in [-0.1, -0.05) is 0 Å². The molecule has 0 radical (unpaired) electrons. The van der Waals surface area contributed by atoms with Crippen LogP contribution in [0.2, 0.25) is 0 Å². The van der Waals surface area contributed by atoms with Crippen molar-refractivity contribution < 1.29 is 15.0 Å². The summed E-state index contributed by atoms with van der Waals surface area (Å²) in [5.74, 6) is -0.937. The molecule has 2 aliphatic rings. The van der Waals surface area contributed by atoms with E-state index in [1.165, 1.54) is 11.8 Å². The summed E-state index contributed by atoms with van der Waals surface area (Å²) in [6.45, 7) is 0.542. The van der Waals surface area contributed by atoms with Crippen LogP contribution in [0.1, 0.15) is 6.42 Å². The number of rotatable bonds is 2. The summed E-state index contributed by atoms with van der Waals surface area (Å²) in [6, 6.07) is 0. The summed E-state index contributed by atoms with van der Waals surface area (Å²) in [5.41, 5.74) is 0. The van der Waals surface area contributed by atoms with Crippen LogP contribution in [0.4, 0.5) is 0 Å². The molecule has 0 bridgehead atoms. The number of hydrogen-bond acceptors (Lipinski definition) is 5. The van der Waals surface area contributed by atoms with Gasteiger partial charge in [0.2, 0.25) is 5.88 Å². The predicted octanol–water partition coefficient (Wildman–Crippen LogP) is 1.12. The second kappa shape index (κ2) is 3.38. The third kappa shape index (κ3) is 1.48. The molecule has 74 valence electrons. The zero-order valence-electron chi connectivity index (χ0n) is 7.17. The fourth-order valence-corrected chi connectivity index (χ4v) is 2.24. The highest BCUT2D eigenvalue weighted by molar-refractivity contribution is 8.17. The lowest BCUT2D eigenvalue weighted by atomic mass is 10.4. The molecular formula is C8H8N2O3S. The van der Waals surface area contributed by atoms with Crippen molar-refractivity contribution in [3.8, 4) is 0 Å². The first-order valence-electron chi connectivity index (χ1n) is 4.00. The summed E-state index contributed by atoms with van der Waals surface area (Å²) < 4.78 is 0. The molecule has 0 unspecified atom stereocenters. The number of aliphatic hydroxyl groups is 1. The number of carboxylic acids is 1. The van der Waals surface area contributed by atoms with Crippen molar-refractivity contribution >= 4 is 22.9 Å². The van der Waals surface area contributed by atoms with Crippen molar-refractivity contribution in [2.75, 3.05) is 6.54 Å². The van der Waals surface area contributed by atoms with E-state index in [1.807, 2.05) is 0 Å². The topological polar surface area (TPSA) is 73.1 Å². The van der Waals surface area contributed by atoms with E-state index in [9.17, 15) is 9.90 Å². The van der Waals surface area contributed by atoms with E-state index < -0.39 is 5.97 Å². The van der Waals surface area contributed by atoms with Crippen LogP contribution in [0.25, 0.3) is 0 Å². The fraction of sp³-hybridized carbons (Fsp3) is 0.250. The molecule has 0 aromatic rings. The molecule has 2 heterocycles. The minimum Gasteiger partial charge on any atom is -0.494 e. The van der Waals surface area contributed by atoms with Gasteiger partial charge in [-0.25, -0.2) is 4.99 Å². The van der Waals surface area contributed by atoms with Gasteiger partial charge < -0.3 is 10.2 Å².